The molecule has 4 aliphatic carbocycles. The topological polar surface area (TPSA) is 54.0 Å². The Morgan fingerprint density at radius 1 is 1.03 bits per heavy atom. The Morgan fingerprint density at radius 2 is 1.86 bits per heavy atom. The van der Waals surface area contributed by atoms with Crippen molar-refractivity contribution in [2.75, 3.05) is 20.2 Å². The molecule has 0 unspecified atom stereocenters. The molecule has 0 bridgehead atoms. The van der Waals surface area contributed by atoms with Gasteiger partial charge in [0.15, 0.2) is 19.4 Å². The van der Waals surface area contributed by atoms with Gasteiger partial charge in [-0.05, 0) is 67.8 Å². The molecule has 3 saturated carbocycles. The maximum Gasteiger partial charge on any atom is 0.227 e. The minimum atomic E-state index is -0.793. The standard InChI is InChI=1S/C23H31BrO5/c1-20-7-5-15(25)9-14(20)3-4-16-17(20)6-8-21(2)18(16)10-19(24)23(21)22(28-13-29-23)11-26-12-27-22/h9,16-19H,3-8,10-13H2,1-2H3/t16-,17+,18-,19-,20+,21+,22+,23-/m1/s1. The molecule has 160 valence electrons. The predicted molar refractivity (Wildman–Crippen MR) is 109 cm³/mol. The second kappa shape index (κ2) is 6.16. The molecule has 2 aliphatic heterocycles. The molecule has 6 heteroatoms. The predicted octanol–water partition coefficient (Wildman–Crippen LogP) is 4.34. The molecule has 2 saturated heterocycles. The van der Waals surface area contributed by atoms with Gasteiger partial charge >= 0.3 is 0 Å². The van der Waals surface area contributed by atoms with E-state index in [4.69, 9.17) is 18.9 Å². The molecule has 5 fully saturated rings. The maximum absolute atomic E-state index is 12.1. The molecular formula is C23H31BrO5. The first kappa shape index (κ1) is 19.4. The maximum atomic E-state index is 12.1. The van der Waals surface area contributed by atoms with Crippen LogP contribution in [0.5, 0.6) is 0 Å². The van der Waals surface area contributed by atoms with Gasteiger partial charge in [0.1, 0.15) is 12.2 Å². The smallest absolute Gasteiger partial charge is 0.227 e. The van der Waals surface area contributed by atoms with Crippen molar-refractivity contribution in [3.63, 3.8) is 0 Å². The Hall–Kier alpha value is -0.270. The Balaban J connectivity index is 1.40. The van der Waals surface area contributed by atoms with Gasteiger partial charge in [0.25, 0.3) is 0 Å². The third-order valence-corrected chi connectivity index (χ3v) is 10.9. The number of rotatable bonds is 0. The van der Waals surface area contributed by atoms with Gasteiger partial charge in [-0.1, -0.05) is 35.4 Å². The Morgan fingerprint density at radius 3 is 2.66 bits per heavy atom. The lowest BCUT2D eigenvalue weighted by atomic mass is 9.46. The van der Waals surface area contributed by atoms with Crippen LogP contribution in [0, 0.1) is 28.6 Å². The number of carbonyl (C=O) groups is 1. The third-order valence-electron chi connectivity index (χ3n) is 9.91. The molecule has 6 aliphatic rings. The van der Waals surface area contributed by atoms with E-state index in [1.807, 2.05) is 6.08 Å². The molecule has 0 aromatic rings. The number of carbonyl (C=O) groups excluding carboxylic acids is 1. The minimum Gasteiger partial charge on any atom is -0.350 e. The fourth-order valence-electron chi connectivity index (χ4n) is 8.54. The largest absolute Gasteiger partial charge is 0.350 e. The first-order valence-electron chi connectivity index (χ1n) is 11.2. The van der Waals surface area contributed by atoms with E-state index in [0.29, 0.717) is 36.6 Å². The molecule has 0 aromatic heterocycles. The summed E-state index contributed by atoms with van der Waals surface area (Å²) in [5, 5.41) is 0. The van der Waals surface area contributed by atoms with E-state index in [-0.39, 0.29) is 29.2 Å². The quantitative estimate of drug-likeness (QED) is 0.497. The summed E-state index contributed by atoms with van der Waals surface area (Å²) in [6, 6.07) is 0. The lowest BCUT2D eigenvalue weighted by Crippen LogP contribution is -2.66. The highest BCUT2D eigenvalue weighted by Gasteiger charge is 2.78. The molecule has 2 spiro atoms. The summed E-state index contributed by atoms with van der Waals surface area (Å²) in [6.07, 6.45) is 9.34. The Labute approximate surface area is 181 Å². The van der Waals surface area contributed by atoms with Crippen LogP contribution in [0.25, 0.3) is 0 Å². The van der Waals surface area contributed by atoms with Crippen molar-refractivity contribution < 1.29 is 23.7 Å². The summed E-state index contributed by atoms with van der Waals surface area (Å²) in [7, 11) is 0. The van der Waals surface area contributed by atoms with E-state index < -0.39 is 11.4 Å². The van der Waals surface area contributed by atoms with Crippen LogP contribution in [0.1, 0.15) is 58.8 Å². The number of ether oxygens (including phenoxy) is 4. The van der Waals surface area contributed by atoms with Gasteiger partial charge in [-0.2, -0.15) is 0 Å². The van der Waals surface area contributed by atoms with E-state index in [1.165, 1.54) is 18.4 Å². The van der Waals surface area contributed by atoms with Gasteiger partial charge < -0.3 is 18.9 Å². The van der Waals surface area contributed by atoms with E-state index in [0.717, 1.165) is 25.7 Å². The highest BCUT2D eigenvalue weighted by molar-refractivity contribution is 9.09. The summed E-state index contributed by atoms with van der Waals surface area (Å²) >= 11 is 4.04. The summed E-state index contributed by atoms with van der Waals surface area (Å²) in [5.74, 6) is 1.41. The van der Waals surface area contributed by atoms with Crippen molar-refractivity contribution in [3.8, 4) is 0 Å². The first-order valence-corrected chi connectivity index (χ1v) is 12.2. The fraction of sp³-hybridized carbons (Fsp3) is 0.870. The second-order valence-electron chi connectivity index (χ2n) is 10.6. The number of halogens is 1. The van der Waals surface area contributed by atoms with Gasteiger partial charge in [-0.15, -0.1) is 0 Å². The van der Waals surface area contributed by atoms with Crippen LogP contribution < -0.4 is 0 Å². The number of fused-ring (bicyclic) bond motifs is 7. The average molecular weight is 467 g/mol. The summed E-state index contributed by atoms with van der Waals surface area (Å²) in [5.41, 5.74) is 1.08. The fourth-order valence-corrected chi connectivity index (χ4v) is 9.94. The molecule has 2 heterocycles. The van der Waals surface area contributed by atoms with E-state index in [2.05, 4.69) is 29.8 Å². The van der Waals surface area contributed by atoms with Crippen LogP contribution in [0.3, 0.4) is 0 Å². The summed E-state index contributed by atoms with van der Waals surface area (Å²) in [4.78, 5) is 12.3. The average Bonchev–Trinajstić information content (AvgIpc) is 3.38. The Bertz CT molecular complexity index is 770. The van der Waals surface area contributed by atoms with Crippen molar-refractivity contribution in [1.82, 2.24) is 0 Å². The molecule has 0 aromatic carbocycles. The summed E-state index contributed by atoms with van der Waals surface area (Å²) in [6.45, 7) is 5.85. The number of hydrogen-bond donors (Lipinski definition) is 0. The van der Waals surface area contributed by atoms with Gasteiger partial charge in [-0.25, -0.2) is 0 Å². The molecule has 0 amide bonds. The highest BCUT2D eigenvalue weighted by atomic mass is 79.9. The van der Waals surface area contributed by atoms with Crippen LogP contribution in [-0.4, -0.2) is 42.2 Å². The molecule has 0 radical (unpaired) electrons. The number of allylic oxidation sites excluding steroid dienone is 1. The van der Waals surface area contributed by atoms with Crippen molar-refractivity contribution in [2.45, 2.75) is 75.0 Å². The molecular weight excluding hydrogens is 436 g/mol. The number of alkyl halides is 1. The third kappa shape index (κ3) is 2.18. The van der Waals surface area contributed by atoms with Crippen LogP contribution in [0.2, 0.25) is 0 Å². The zero-order valence-electron chi connectivity index (χ0n) is 17.4. The molecule has 8 atom stereocenters. The Kier molecular flexibility index (Phi) is 4.12. The van der Waals surface area contributed by atoms with Crippen molar-refractivity contribution in [2.24, 2.45) is 28.6 Å². The lowest BCUT2D eigenvalue weighted by molar-refractivity contribution is -0.246. The van der Waals surface area contributed by atoms with Crippen LogP contribution in [0.15, 0.2) is 11.6 Å². The van der Waals surface area contributed by atoms with Crippen LogP contribution >= 0.6 is 15.9 Å². The molecule has 6 rings (SSSR count). The van der Waals surface area contributed by atoms with E-state index in [9.17, 15) is 4.79 Å². The zero-order chi connectivity index (χ0) is 20.1. The number of hydrogen-bond acceptors (Lipinski definition) is 5. The highest BCUT2D eigenvalue weighted by Crippen LogP contribution is 2.72. The molecule has 0 N–H and O–H groups in total. The molecule has 5 nitrogen and oxygen atoms in total. The monoisotopic (exact) mass is 466 g/mol. The number of ketones is 1. The van der Waals surface area contributed by atoms with Crippen molar-refractivity contribution >= 4 is 21.7 Å². The van der Waals surface area contributed by atoms with E-state index in [1.54, 1.807) is 0 Å². The van der Waals surface area contributed by atoms with Crippen LogP contribution in [-0.2, 0) is 23.7 Å². The minimum absolute atomic E-state index is 0.0192. The normalized spacial score (nSPS) is 56.4. The summed E-state index contributed by atoms with van der Waals surface area (Å²) < 4.78 is 24.4. The van der Waals surface area contributed by atoms with Gasteiger partial charge in [0.05, 0.1) is 4.83 Å². The SMILES string of the molecule is C[C@]12CCC(=O)C=C1CC[C@H]1[C@H]3C[C@@H](Br)[C@@]4(OCO[C@@]45COCO5)[C@@]3(C)CC[C@@H]12. The van der Waals surface area contributed by atoms with Crippen LogP contribution in [0.4, 0.5) is 0 Å². The zero-order valence-corrected chi connectivity index (χ0v) is 19.0. The van der Waals surface area contributed by atoms with Crippen molar-refractivity contribution in [1.29, 1.82) is 0 Å². The van der Waals surface area contributed by atoms with E-state index >= 15 is 0 Å². The van der Waals surface area contributed by atoms with Gasteiger partial charge in [-0.3, -0.25) is 4.79 Å². The van der Waals surface area contributed by atoms with Crippen molar-refractivity contribution in [3.05, 3.63) is 11.6 Å². The second-order valence-corrected chi connectivity index (χ2v) is 11.7. The molecule has 29 heavy (non-hydrogen) atoms. The lowest BCUT2D eigenvalue weighted by Gasteiger charge is -2.60. The van der Waals surface area contributed by atoms with Gasteiger partial charge in [0, 0.05) is 11.8 Å². The first-order chi connectivity index (χ1) is 13.9. The van der Waals surface area contributed by atoms with Gasteiger partial charge in [0.2, 0.25) is 5.79 Å².